The van der Waals surface area contributed by atoms with Crippen molar-refractivity contribution in [1.82, 2.24) is 5.32 Å². The summed E-state index contributed by atoms with van der Waals surface area (Å²) in [7, 11) is 0. The lowest BCUT2D eigenvalue weighted by molar-refractivity contribution is -0.0235. The summed E-state index contributed by atoms with van der Waals surface area (Å²) in [6.45, 7) is 5.20. The highest BCUT2D eigenvalue weighted by Crippen LogP contribution is 2.20. The lowest BCUT2D eigenvalue weighted by Gasteiger charge is -2.21. The number of unbranched alkanes of at least 4 members (excludes halogenated alkanes) is 2. The molecule has 27 heavy (non-hydrogen) atoms. The summed E-state index contributed by atoms with van der Waals surface area (Å²) in [6.07, 6.45) is 6.59. The van der Waals surface area contributed by atoms with E-state index < -0.39 is 6.10 Å². The van der Waals surface area contributed by atoms with E-state index in [4.69, 9.17) is 9.47 Å². The molecule has 0 fully saturated rings. The maximum Gasteiger partial charge on any atom is 0.328 e. The highest BCUT2D eigenvalue weighted by atomic mass is 16.5. The van der Waals surface area contributed by atoms with E-state index in [0.717, 1.165) is 25.7 Å². The number of amides is 1. The molecule has 0 saturated carbocycles. The van der Waals surface area contributed by atoms with Gasteiger partial charge in [-0.2, -0.15) is 4.79 Å². The third kappa shape index (κ3) is 6.20. The van der Waals surface area contributed by atoms with Crippen molar-refractivity contribution < 1.29 is 19.1 Å². The van der Waals surface area contributed by atoms with Crippen LogP contribution in [0.15, 0.2) is 53.9 Å². The number of hydrogen-bond donors (Lipinski definition) is 1. The molecule has 0 aromatic heterocycles. The third-order valence-corrected chi connectivity index (χ3v) is 4.10. The molecule has 1 atom stereocenters. The Kier molecular flexibility index (Phi) is 8.49. The molecule has 0 spiro atoms. The van der Waals surface area contributed by atoms with E-state index in [9.17, 15) is 10.3 Å². The fourth-order valence-corrected chi connectivity index (χ4v) is 2.52. The van der Waals surface area contributed by atoms with Gasteiger partial charge in [0.15, 0.2) is 6.10 Å². The van der Waals surface area contributed by atoms with Crippen molar-refractivity contribution in [3.05, 3.63) is 65.0 Å². The Hall–Kier alpha value is -2.69. The van der Waals surface area contributed by atoms with Crippen LogP contribution >= 0.6 is 0 Å². The van der Waals surface area contributed by atoms with Gasteiger partial charge in [0, 0.05) is 12.2 Å². The maximum absolute atomic E-state index is 12.6. The fourth-order valence-electron chi connectivity index (χ4n) is 2.52. The second kappa shape index (κ2) is 11.1. The summed E-state index contributed by atoms with van der Waals surface area (Å²) in [5.41, 5.74) is 10.8. The van der Waals surface area contributed by atoms with Crippen LogP contribution in [0.5, 0.6) is 0 Å². The van der Waals surface area contributed by atoms with Crippen LogP contribution in [0.25, 0.3) is 5.53 Å². The Morgan fingerprint density at radius 3 is 2.52 bits per heavy atom. The molecular formula is C21H27N3O3. The molecule has 1 aliphatic carbocycles. The molecule has 0 heterocycles. The van der Waals surface area contributed by atoms with E-state index in [-0.39, 0.29) is 5.91 Å². The summed E-state index contributed by atoms with van der Waals surface area (Å²) in [5, 5.41) is 2.89. The summed E-state index contributed by atoms with van der Waals surface area (Å²) in [6, 6.07) is 8.97. The van der Waals surface area contributed by atoms with Crippen molar-refractivity contribution in [2.24, 2.45) is 0 Å². The minimum absolute atomic E-state index is 0.233. The zero-order valence-corrected chi connectivity index (χ0v) is 16.0. The molecule has 1 aromatic rings. The zero-order chi connectivity index (χ0) is 19.5. The minimum Gasteiger partial charge on any atom is -0.491 e. The van der Waals surface area contributed by atoms with Gasteiger partial charge in [-0.05, 0) is 31.1 Å². The quantitative estimate of drug-likeness (QED) is 0.386. The number of benzene rings is 1. The number of hydrogen-bond acceptors (Lipinski definition) is 3. The largest absolute Gasteiger partial charge is 0.491 e. The van der Waals surface area contributed by atoms with E-state index in [2.05, 4.69) is 24.0 Å². The van der Waals surface area contributed by atoms with Gasteiger partial charge in [-0.1, -0.05) is 44.9 Å². The van der Waals surface area contributed by atoms with Gasteiger partial charge in [0.1, 0.15) is 5.76 Å². The Morgan fingerprint density at radius 1 is 1.15 bits per heavy atom. The molecule has 1 amide bonds. The van der Waals surface area contributed by atoms with Crippen molar-refractivity contribution >= 4 is 11.6 Å². The Labute approximate surface area is 160 Å². The number of ether oxygens (including phenoxy) is 2. The first-order valence-electron chi connectivity index (χ1n) is 9.46. The monoisotopic (exact) mass is 369 g/mol. The van der Waals surface area contributed by atoms with Crippen molar-refractivity contribution in [2.75, 3.05) is 13.2 Å². The molecule has 0 saturated heterocycles. The number of nitrogens with zero attached hydrogens (tertiary/aromatic N) is 2. The summed E-state index contributed by atoms with van der Waals surface area (Å²) < 4.78 is 11.6. The molecule has 1 aliphatic rings. The second-order valence-electron chi connectivity index (χ2n) is 6.28. The third-order valence-electron chi connectivity index (χ3n) is 4.10. The molecular weight excluding hydrogens is 342 g/mol. The van der Waals surface area contributed by atoms with E-state index in [1.54, 1.807) is 24.3 Å². The second-order valence-corrected chi connectivity index (χ2v) is 6.28. The van der Waals surface area contributed by atoms with Crippen molar-refractivity contribution in [3.8, 4) is 0 Å². The van der Waals surface area contributed by atoms with Gasteiger partial charge in [-0.15, -0.1) is 0 Å². The van der Waals surface area contributed by atoms with E-state index in [0.29, 0.717) is 35.9 Å². The summed E-state index contributed by atoms with van der Waals surface area (Å²) >= 11 is 0. The van der Waals surface area contributed by atoms with E-state index >= 15 is 0 Å². The van der Waals surface area contributed by atoms with Crippen LogP contribution in [0.2, 0.25) is 0 Å². The predicted molar refractivity (Wildman–Crippen MR) is 104 cm³/mol. The molecule has 1 aromatic carbocycles. The molecule has 144 valence electrons. The van der Waals surface area contributed by atoms with Gasteiger partial charge < -0.3 is 20.3 Å². The molecule has 0 aliphatic heterocycles. The van der Waals surface area contributed by atoms with Crippen molar-refractivity contribution in [3.63, 3.8) is 0 Å². The smallest absolute Gasteiger partial charge is 0.328 e. The SMILES string of the molecule is CCCCOC1=CC(=[N+]=[N-])C(OCCCC)C=C1NC(=O)c1ccccc1. The van der Waals surface area contributed by atoms with Gasteiger partial charge in [-0.25, -0.2) is 0 Å². The fraction of sp³-hybridized carbons (Fsp3) is 0.429. The molecule has 1 unspecified atom stereocenters. The van der Waals surface area contributed by atoms with Crippen LogP contribution in [0.1, 0.15) is 49.9 Å². The molecule has 0 radical (unpaired) electrons. The zero-order valence-electron chi connectivity index (χ0n) is 16.0. The van der Waals surface area contributed by atoms with Gasteiger partial charge in [0.25, 0.3) is 5.91 Å². The summed E-state index contributed by atoms with van der Waals surface area (Å²) in [4.78, 5) is 15.9. The van der Waals surface area contributed by atoms with Crippen LogP contribution in [0.3, 0.4) is 0 Å². The maximum atomic E-state index is 12.6. The number of nitrogens with one attached hydrogen (secondary N) is 1. The highest BCUT2D eigenvalue weighted by Gasteiger charge is 2.29. The van der Waals surface area contributed by atoms with Gasteiger partial charge in [0.05, 0.1) is 18.4 Å². The topological polar surface area (TPSA) is 84.0 Å². The van der Waals surface area contributed by atoms with Crippen molar-refractivity contribution in [2.45, 2.75) is 45.6 Å². The highest BCUT2D eigenvalue weighted by molar-refractivity contribution is 6.00. The minimum atomic E-state index is -0.536. The first-order chi connectivity index (χ1) is 13.2. The Bertz CT molecular complexity index is 734. The van der Waals surface area contributed by atoms with Crippen LogP contribution in [-0.4, -0.2) is 35.7 Å². The lowest BCUT2D eigenvalue weighted by atomic mass is 10.0. The van der Waals surface area contributed by atoms with Crippen LogP contribution < -0.4 is 5.32 Å². The van der Waals surface area contributed by atoms with Crippen molar-refractivity contribution in [1.29, 1.82) is 0 Å². The number of carbonyl (C=O) groups excluding carboxylic acids is 1. The first-order valence-corrected chi connectivity index (χ1v) is 9.46. The van der Waals surface area contributed by atoms with Crippen LogP contribution in [0, 0.1) is 0 Å². The number of rotatable bonds is 10. The van der Waals surface area contributed by atoms with E-state index in [1.165, 1.54) is 0 Å². The summed E-state index contributed by atoms with van der Waals surface area (Å²) in [5.74, 6) is 0.236. The van der Waals surface area contributed by atoms with Crippen LogP contribution in [0.4, 0.5) is 0 Å². The standard InChI is InChI=1S/C21H27N3O3/c1-3-5-12-26-19-15-18(24-22)20(27-13-6-4-2)14-17(19)23-21(25)16-10-8-7-9-11-16/h7-11,14-15,20H,3-6,12-13H2,1-2H3,(H,23,25). The normalized spacial score (nSPS) is 16.2. The van der Waals surface area contributed by atoms with Gasteiger partial charge in [-0.3, -0.25) is 4.79 Å². The first kappa shape index (κ1) is 20.6. The Morgan fingerprint density at radius 2 is 1.85 bits per heavy atom. The molecule has 6 nitrogen and oxygen atoms in total. The van der Waals surface area contributed by atoms with E-state index in [1.807, 2.05) is 18.2 Å². The average molecular weight is 369 g/mol. The predicted octanol–water partition coefficient (Wildman–Crippen LogP) is 3.87. The Balaban J connectivity index is 2.21. The number of carbonyl (C=O) groups is 1. The molecule has 1 N–H and O–H groups in total. The lowest BCUT2D eigenvalue weighted by Crippen LogP contribution is -2.33. The van der Waals surface area contributed by atoms with Gasteiger partial charge >= 0.3 is 5.71 Å². The molecule has 2 rings (SSSR count). The van der Waals surface area contributed by atoms with Gasteiger partial charge in [0.2, 0.25) is 0 Å². The van der Waals surface area contributed by atoms with Crippen LogP contribution in [-0.2, 0) is 9.47 Å². The molecule has 6 heteroatoms. The average Bonchev–Trinajstić information content (AvgIpc) is 2.70. The molecule has 0 bridgehead atoms.